The van der Waals surface area contributed by atoms with E-state index in [0.717, 1.165) is 12.0 Å². The van der Waals surface area contributed by atoms with Gasteiger partial charge in [0.2, 0.25) is 0 Å². The van der Waals surface area contributed by atoms with Gasteiger partial charge in [0.15, 0.2) is 0 Å². The summed E-state index contributed by atoms with van der Waals surface area (Å²) in [6, 6.07) is 11.5. The van der Waals surface area contributed by atoms with Gasteiger partial charge in [-0.2, -0.15) is 13.7 Å². The number of nitrogens with zero attached hydrogens (tertiary/aromatic N) is 2. The molecule has 7 heteroatoms. The minimum absolute atomic E-state index is 0.0508. The van der Waals surface area contributed by atoms with Crippen molar-refractivity contribution in [1.29, 1.82) is 5.26 Å². The number of oxime groups is 1. The van der Waals surface area contributed by atoms with Gasteiger partial charge in [-0.25, -0.2) is 0 Å². The van der Waals surface area contributed by atoms with Gasteiger partial charge in [0.25, 0.3) is 0 Å². The van der Waals surface area contributed by atoms with Crippen molar-refractivity contribution in [3.63, 3.8) is 0 Å². The summed E-state index contributed by atoms with van der Waals surface area (Å²) in [5, 5.41) is 13.4. The van der Waals surface area contributed by atoms with Crippen molar-refractivity contribution in [2.75, 3.05) is 5.75 Å². The molecule has 2 rings (SSSR count). The van der Waals surface area contributed by atoms with E-state index in [1.165, 1.54) is 11.8 Å². The normalized spacial score (nSPS) is 18.0. The van der Waals surface area contributed by atoms with E-state index in [0.29, 0.717) is 21.9 Å². The number of rotatable bonds is 6. The Hall–Kier alpha value is -2.04. The third kappa shape index (κ3) is 4.98. The number of unbranched alkanes of at least 4 members (excludes halogenated alkanes) is 1. The fourth-order valence-corrected chi connectivity index (χ4v) is 3.63. The van der Waals surface area contributed by atoms with Crippen molar-refractivity contribution in [2.45, 2.75) is 19.8 Å². The van der Waals surface area contributed by atoms with Gasteiger partial charge in [0.05, 0.1) is 11.3 Å². The van der Waals surface area contributed by atoms with Crippen LogP contribution in [0, 0.1) is 11.3 Å². The van der Waals surface area contributed by atoms with Gasteiger partial charge in [-0.05, 0) is 24.1 Å². The van der Waals surface area contributed by atoms with Crippen molar-refractivity contribution in [3.05, 3.63) is 53.0 Å². The Labute approximate surface area is 140 Å². The minimum Gasteiger partial charge on any atom is -0.267 e. The van der Waals surface area contributed by atoms with Crippen LogP contribution in [0.1, 0.15) is 25.3 Å². The average molecular weight is 348 g/mol. The number of hydrogen-bond donors (Lipinski definition) is 0. The molecule has 0 aromatic heterocycles. The molecular formula is C16H16N2O3S2. The zero-order valence-corrected chi connectivity index (χ0v) is 14.2. The number of nitriles is 1. The summed E-state index contributed by atoms with van der Waals surface area (Å²) < 4.78 is 27.9. The molecule has 120 valence electrons. The molecule has 1 aliphatic heterocycles. The number of hydrogen-bond acceptors (Lipinski definition) is 6. The van der Waals surface area contributed by atoms with Crippen LogP contribution in [0.5, 0.6) is 0 Å². The smallest absolute Gasteiger partial charge is 0.267 e. The molecule has 0 amide bonds. The Bertz CT molecular complexity index is 788. The standard InChI is InChI=1S/C16H16N2O3S2/c1-2-3-11-23(19,20)21-18-16-10-9-15(22-16)14(12-17)13-7-5-4-6-8-13/h4-10H,2-3,11H2,1H3/b15-14-,18-16+. The SMILES string of the molecule is CCCCS(=O)(=O)O/N=C1C=C/C(=C(\C#N)c2ccccc2)S\1. The summed E-state index contributed by atoms with van der Waals surface area (Å²) >= 11 is 1.21. The Morgan fingerprint density at radius 2 is 2.04 bits per heavy atom. The van der Waals surface area contributed by atoms with E-state index in [9.17, 15) is 13.7 Å². The lowest BCUT2D eigenvalue weighted by atomic mass is 10.1. The first-order valence-electron chi connectivity index (χ1n) is 7.11. The summed E-state index contributed by atoms with van der Waals surface area (Å²) in [6.45, 7) is 1.90. The van der Waals surface area contributed by atoms with Crippen LogP contribution >= 0.6 is 11.8 Å². The molecule has 1 aliphatic rings. The molecule has 0 atom stereocenters. The number of allylic oxidation sites excluding steroid dienone is 2. The fourth-order valence-electron chi connectivity index (χ4n) is 1.83. The van der Waals surface area contributed by atoms with E-state index in [2.05, 4.69) is 15.5 Å². The highest BCUT2D eigenvalue weighted by Crippen LogP contribution is 2.33. The highest BCUT2D eigenvalue weighted by atomic mass is 32.2. The van der Waals surface area contributed by atoms with Crippen LogP contribution in [-0.2, 0) is 14.4 Å². The van der Waals surface area contributed by atoms with Crippen LogP contribution < -0.4 is 0 Å². The van der Waals surface area contributed by atoms with Gasteiger partial charge >= 0.3 is 10.1 Å². The predicted octanol–water partition coefficient (Wildman–Crippen LogP) is 3.68. The van der Waals surface area contributed by atoms with Crippen molar-refractivity contribution in [1.82, 2.24) is 0 Å². The summed E-state index contributed by atoms with van der Waals surface area (Å²) in [7, 11) is -3.64. The van der Waals surface area contributed by atoms with E-state index in [1.807, 2.05) is 37.3 Å². The van der Waals surface area contributed by atoms with E-state index < -0.39 is 10.1 Å². The molecule has 0 saturated carbocycles. The van der Waals surface area contributed by atoms with E-state index in [1.54, 1.807) is 12.2 Å². The molecule has 23 heavy (non-hydrogen) atoms. The molecule has 0 saturated heterocycles. The van der Waals surface area contributed by atoms with Gasteiger partial charge < -0.3 is 0 Å². The summed E-state index contributed by atoms with van der Waals surface area (Å²) in [5.74, 6) is -0.0508. The average Bonchev–Trinajstić information content (AvgIpc) is 3.02. The topological polar surface area (TPSA) is 79.5 Å². The Kier molecular flexibility index (Phi) is 6.02. The maximum absolute atomic E-state index is 11.6. The molecule has 0 unspecified atom stereocenters. The van der Waals surface area contributed by atoms with Crippen molar-refractivity contribution >= 4 is 32.5 Å². The molecule has 0 fully saturated rings. The second kappa shape index (κ2) is 7.99. The van der Waals surface area contributed by atoms with Crippen molar-refractivity contribution < 1.29 is 12.7 Å². The minimum atomic E-state index is -3.64. The maximum Gasteiger partial charge on any atom is 0.328 e. The van der Waals surface area contributed by atoms with E-state index in [4.69, 9.17) is 0 Å². The third-order valence-electron chi connectivity index (χ3n) is 3.00. The largest absolute Gasteiger partial charge is 0.328 e. The second-order valence-corrected chi connectivity index (χ2v) is 7.51. The first-order chi connectivity index (χ1) is 11.1. The van der Waals surface area contributed by atoms with Crippen LogP contribution in [0.25, 0.3) is 5.57 Å². The third-order valence-corrected chi connectivity index (χ3v) is 5.07. The quantitative estimate of drug-likeness (QED) is 0.579. The molecule has 0 aliphatic carbocycles. The van der Waals surface area contributed by atoms with E-state index in [-0.39, 0.29) is 5.75 Å². The molecule has 0 radical (unpaired) electrons. The predicted molar refractivity (Wildman–Crippen MR) is 92.9 cm³/mol. The van der Waals surface area contributed by atoms with Gasteiger partial charge in [0.1, 0.15) is 11.1 Å². The molecule has 1 aromatic carbocycles. The Morgan fingerprint density at radius 1 is 1.30 bits per heavy atom. The van der Waals surface area contributed by atoms with Crippen molar-refractivity contribution in [3.8, 4) is 6.07 Å². The first-order valence-corrected chi connectivity index (χ1v) is 9.50. The number of thioether (sulfide) groups is 1. The molecule has 5 nitrogen and oxygen atoms in total. The Morgan fingerprint density at radius 3 is 2.70 bits per heavy atom. The lowest BCUT2D eigenvalue weighted by molar-refractivity contribution is 0.340. The summed E-state index contributed by atoms with van der Waals surface area (Å²) in [5.41, 5.74) is 1.32. The van der Waals surface area contributed by atoms with Crippen LogP contribution in [0.15, 0.2) is 52.5 Å². The fraction of sp³-hybridized carbons (Fsp3) is 0.250. The maximum atomic E-state index is 11.6. The van der Waals surface area contributed by atoms with Gasteiger partial charge in [0, 0.05) is 4.91 Å². The van der Waals surface area contributed by atoms with Crippen LogP contribution in [-0.4, -0.2) is 19.2 Å². The molecule has 0 spiro atoms. The van der Waals surface area contributed by atoms with Gasteiger partial charge in [-0.15, -0.1) is 0 Å². The lowest BCUT2D eigenvalue weighted by Crippen LogP contribution is -2.07. The highest BCUT2D eigenvalue weighted by Gasteiger charge is 2.17. The summed E-state index contributed by atoms with van der Waals surface area (Å²) in [4.78, 5) is 0.715. The van der Waals surface area contributed by atoms with Crippen molar-refractivity contribution in [2.24, 2.45) is 5.16 Å². The zero-order valence-electron chi connectivity index (χ0n) is 12.6. The molecule has 0 N–H and O–H groups in total. The first kappa shape index (κ1) is 17.3. The highest BCUT2D eigenvalue weighted by molar-refractivity contribution is 8.18. The lowest BCUT2D eigenvalue weighted by Gasteiger charge is -2.02. The van der Waals surface area contributed by atoms with Gasteiger partial charge in [-0.3, -0.25) is 4.28 Å². The summed E-state index contributed by atoms with van der Waals surface area (Å²) in [6.07, 6.45) is 4.67. The van der Waals surface area contributed by atoms with Gasteiger partial charge in [-0.1, -0.05) is 60.6 Å². The van der Waals surface area contributed by atoms with E-state index >= 15 is 0 Å². The van der Waals surface area contributed by atoms with Crippen LogP contribution in [0.3, 0.4) is 0 Å². The zero-order chi connectivity index (χ0) is 16.7. The van der Waals surface area contributed by atoms with Crippen LogP contribution in [0.2, 0.25) is 0 Å². The molecular weight excluding hydrogens is 332 g/mol. The molecule has 0 bridgehead atoms. The Balaban J connectivity index is 2.12. The monoisotopic (exact) mass is 348 g/mol. The molecule has 1 heterocycles. The van der Waals surface area contributed by atoms with Crippen LogP contribution in [0.4, 0.5) is 0 Å². The molecule has 1 aromatic rings. The number of benzene rings is 1. The second-order valence-electron chi connectivity index (χ2n) is 4.77.